The van der Waals surface area contributed by atoms with E-state index in [0.29, 0.717) is 13.0 Å². The predicted octanol–water partition coefficient (Wildman–Crippen LogP) is 1.90. The summed E-state index contributed by atoms with van der Waals surface area (Å²) in [6.45, 7) is 3.93. The Balaban J connectivity index is 1.94. The second kappa shape index (κ2) is 9.12. The van der Waals surface area contributed by atoms with E-state index in [0.717, 1.165) is 11.1 Å². The first-order valence-electron chi connectivity index (χ1n) is 8.86. The lowest BCUT2D eigenvalue weighted by Crippen LogP contribution is -2.41. The van der Waals surface area contributed by atoms with Crippen LogP contribution in [0.1, 0.15) is 25.0 Å². The van der Waals surface area contributed by atoms with Gasteiger partial charge >= 0.3 is 0 Å². The lowest BCUT2D eigenvalue weighted by atomic mass is 10.1. The van der Waals surface area contributed by atoms with Gasteiger partial charge in [-0.25, -0.2) is 8.42 Å². The van der Waals surface area contributed by atoms with E-state index in [1.165, 1.54) is 4.31 Å². The summed E-state index contributed by atoms with van der Waals surface area (Å²) in [5.74, 6) is -0.241. The lowest BCUT2D eigenvalue weighted by Gasteiger charge is -2.21. The molecule has 3 N–H and O–H groups in total. The van der Waals surface area contributed by atoms with Gasteiger partial charge in [0.05, 0.1) is 10.9 Å². The van der Waals surface area contributed by atoms with E-state index >= 15 is 0 Å². The van der Waals surface area contributed by atoms with E-state index in [9.17, 15) is 13.2 Å². The summed E-state index contributed by atoms with van der Waals surface area (Å²) < 4.78 is 26.2. The molecule has 2 aromatic carbocycles. The van der Waals surface area contributed by atoms with Gasteiger partial charge in [-0.1, -0.05) is 42.5 Å². The molecular weight excluding hydrogens is 362 g/mol. The molecule has 6 nitrogen and oxygen atoms in total. The Labute approximate surface area is 161 Å². The predicted molar refractivity (Wildman–Crippen MR) is 106 cm³/mol. The van der Waals surface area contributed by atoms with Crippen molar-refractivity contribution >= 4 is 15.9 Å². The minimum absolute atomic E-state index is 0.125. The molecule has 0 saturated heterocycles. The average Bonchev–Trinajstić information content (AvgIpc) is 2.66. The lowest BCUT2D eigenvalue weighted by molar-refractivity contribution is -0.122. The highest BCUT2D eigenvalue weighted by atomic mass is 32.2. The summed E-state index contributed by atoms with van der Waals surface area (Å²) in [6.07, 6.45) is 0.464. The third kappa shape index (κ3) is 5.63. The van der Waals surface area contributed by atoms with Crippen molar-refractivity contribution in [2.75, 3.05) is 7.05 Å². The number of benzene rings is 2. The van der Waals surface area contributed by atoms with Crippen molar-refractivity contribution in [2.24, 2.45) is 5.73 Å². The van der Waals surface area contributed by atoms with Gasteiger partial charge in [0, 0.05) is 19.6 Å². The van der Waals surface area contributed by atoms with Gasteiger partial charge in [-0.2, -0.15) is 4.31 Å². The van der Waals surface area contributed by atoms with Gasteiger partial charge < -0.3 is 11.1 Å². The molecule has 0 unspecified atom stereocenters. The normalized spacial score (nSPS) is 13.0. The molecule has 0 heterocycles. The Hall–Kier alpha value is -2.22. The number of amides is 1. The molecule has 7 heteroatoms. The monoisotopic (exact) mass is 389 g/mol. The summed E-state index contributed by atoms with van der Waals surface area (Å²) in [4.78, 5) is 12.4. The van der Waals surface area contributed by atoms with Crippen LogP contribution in [0.5, 0.6) is 0 Å². The summed E-state index contributed by atoms with van der Waals surface area (Å²) in [7, 11) is -1.95. The maximum Gasteiger partial charge on any atom is 0.243 e. The molecule has 1 amide bonds. The van der Waals surface area contributed by atoms with Crippen LogP contribution in [0.3, 0.4) is 0 Å². The summed E-state index contributed by atoms with van der Waals surface area (Å²) >= 11 is 0. The van der Waals surface area contributed by atoms with E-state index in [1.54, 1.807) is 31.3 Å². The summed E-state index contributed by atoms with van der Waals surface area (Å²) in [6, 6.07) is 15.3. The second-order valence-corrected chi connectivity index (χ2v) is 8.77. The van der Waals surface area contributed by atoms with Gasteiger partial charge in [0.25, 0.3) is 0 Å². The van der Waals surface area contributed by atoms with Crippen LogP contribution in [-0.2, 0) is 27.8 Å². The van der Waals surface area contributed by atoms with Crippen LogP contribution < -0.4 is 11.1 Å². The maximum absolute atomic E-state index is 12.5. The van der Waals surface area contributed by atoms with Crippen molar-refractivity contribution in [1.29, 1.82) is 0 Å². The van der Waals surface area contributed by atoms with Crippen LogP contribution in [-0.4, -0.2) is 37.8 Å². The zero-order chi connectivity index (χ0) is 20.0. The number of nitrogens with one attached hydrogen (secondary N) is 1. The molecule has 0 aliphatic rings. The van der Waals surface area contributed by atoms with Gasteiger partial charge in [-0.05, 0) is 43.5 Å². The largest absolute Gasteiger partial charge is 0.351 e. The fraction of sp³-hybridized carbons (Fsp3) is 0.350. The SMILES string of the molecule is CC(C)N(C)S(=O)(=O)c1ccc(CNC(=O)[C@@H](N)Cc2ccccc2)cc1. The molecular formula is C20H27N3O3S. The Bertz CT molecular complexity index is 850. The highest BCUT2D eigenvalue weighted by molar-refractivity contribution is 7.89. The van der Waals surface area contributed by atoms with Crippen molar-refractivity contribution in [2.45, 2.75) is 43.8 Å². The van der Waals surface area contributed by atoms with Crippen LogP contribution in [0.25, 0.3) is 0 Å². The highest BCUT2D eigenvalue weighted by Gasteiger charge is 2.22. The highest BCUT2D eigenvalue weighted by Crippen LogP contribution is 2.17. The third-order valence-electron chi connectivity index (χ3n) is 4.43. The molecule has 0 aromatic heterocycles. The van der Waals surface area contributed by atoms with Crippen LogP contribution >= 0.6 is 0 Å². The van der Waals surface area contributed by atoms with Gasteiger partial charge in [0.15, 0.2) is 0 Å². The zero-order valence-corrected chi connectivity index (χ0v) is 16.7. The molecule has 0 spiro atoms. The van der Waals surface area contributed by atoms with Crippen LogP contribution in [0, 0.1) is 0 Å². The second-order valence-electron chi connectivity index (χ2n) is 6.77. The molecule has 0 bridgehead atoms. The smallest absolute Gasteiger partial charge is 0.243 e. The standard InChI is InChI=1S/C20H27N3O3S/c1-15(2)23(3)27(25,26)18-11-9-17(10-12-18)14-22-20(24)19(21)13-16-7-5-4-6-8-16/h4-12,15,19H,13-14,21H2,1-3H3,(H,22,24)/t19-/m0/s1. The maximum atomic E-state index is 12.5. The third-order valence-corrected chi connectivity index (χ3v) is 6.48. The Morgan fingerprint density at radius 2 is 1.63 bits per heavy atom. The molecule has 0 radical (unpaired) electrons. The molecule has 0 aliphatic carbocycles. The average molecular weight is 390 g/mol. The van der Waals surface area contributed by atoms with Crippen molar-refractivity contribution in [3.63, 3.8) is 0 Å². The van der Waals surface area contributed by atoms with E-state index < -0.39 is 16.1 Å². The minimum Gasteiger partial charge on any atom is -0.351 e. The fourth-order valence-corrected chi connectivity index (χ4v) is 3.87. The molecule has 2 rings (SSSR count). The molecule has 0 aliphatic heterocycles. The number of hydrogen-bond donors (Lipinski definition) is 2. The van der Waals surface area contributed by atoms with Gasteiger partial charge in [-0.15, -0.1) is 0 Å². The summed E-state index contributed by atoms with van der Waals surface area (Å²) in [5.41, 5.74) is 7.77. The Kier molecular flexibility index (Phi) is 7.12. The first kappa shape index (κ1) is 21.1. The molecule has 0 fully saturated rings. The van der Waals surface area contributed by atoms with Crippen molar-refractivity contribution in [3.05, 3.63) is 65.7 Å². The van der Waals surface area contributed by atoms with E-state index in [4.69, 9.17) is 5.73 Å². The number of nitrogens with two attached hydrogens (primary N) is 1. The van der Waals surface area contributed by atoms with Crippen molar-refractivity contribution in [1.82, 2.24) is 9.62 Å². The van der Waals surface area contributed by atoms with Crippen molar-refractivity contribution in [3.8, 4) is 0 Å². The minimum atomic E-state index is -3.51. The van der Waals surface area contributed by atoms with Gasteiger partial charge in [0.1, 0.15) is 0 Å². The fourth-order valence-electron chi connectivity index (χ4n) is 2.50. The van der Waals surface area contributed by atoms with Gasteiger partial charge in [-0.3, -0.25) is 4.79 Å². The van der Waals surface area contributed by atoms with E-state index in [2.05, 4.69) is 5.32 Å². The summed E-state index contributed by atoms with van der Waals surface area (Å²) in [5, 5.41) is 2.79. The van der Waals surface area contributed by atoms with Crippen LogP contribution in [0.4, 0.5) is 0 Å². The van der Waals surface area contributed by atoms with Crippen LogP contribution in [0.2, 0.25) is 0 Å². The van der Waals surface area contributed by atoms with E-state index in [-0.39, 0.29) is 16.8 Å². The number of hydrogen-bond acceptors (Lipinski definition) is 4. The zero-order valence-electron chi connectivity index (χ0n) is 15.9. The molecule has 27 heavy (non-hydrogen) atoms. The topological polar surface area (TPSA) is 92.5 Å². The quantitative estimate of drug-likeness (QED) is 0.721. The Morgan fingerprint density at radius 1 is 1.04 bits per heavy atom. The van der Waals surface area contributed by atoms with E-state index in [1.807, 2.05) is 44.2 Å². The number of rotatable bonds is 8. The number of carbonyl (C=O) groups is 1. The van der Waals surface area contributed by atoms with Gasteiger partial charge in [0.2, 0.25) is 15.9 Å². The molecule has 146 valence electrons. The first-order valence-corrected chi connectivity index (χ1v) is 10.3. The molecule has 2 aromatic rings. The van der Waals surface area contributed by atoms with Crippen molar-refractivity contribution < 1.29 is 13.2 Å². The number of sulfonamides is 1. The number of carbonyl (C=O) groups excluding carboxylic acids is 1. The first-order chi connectivity index (χ1) is 12.7. The molecule has 0 saturated carbocycles. The molecule has 1 atom stereocenters. The Morgan fingerprint density at radius 3 is 2.19 bits per heavy atom. The number of nitrogens with zero attached hydrogens (tertiary/aromatic N) is 1. The van der Waals surface area contributed by atoms with Crippen LogP contribution in [0.15, 0.2) is 59.5 Å².